The lowest BCUT2D eigenvalue weighted by molar-refractivity contribution is 0.321. The van der Waals surface area contributed by atoms with E-state index in [1.54, 1.807) is 14.1 Å². The van der Waals surface area contributed by atoms with E-state index in [-0.39, 0.29) is 0 Å². The van der Waals surface area contributed by atoms with E-state index in [0.29, 0.717) is 23.0 Å². The van der Waals surface area contributed by atoms with Crippen molar-refractivity contribution < 1.29 is 16.8 Å². The van der Waals surface area contributed by atoms with Gasteiger partial charge in [-0.3, -0.25) is 8.37 Å². The molecule has 0 radical (unpaired) electrons. The average Bonchev–Trinajstić information content (AvgIpc) is 2.83. The van der Waals surface area contributed by atoms with E-state index >= 15 is 0 Å². The molecule has 184 valence electrons. The van der Waals surface area contributed by atoms with Crippen molar-refractivity contribution in [1.29, 1.82) is 0 Å². The van der Waals surface area contributed by atoms with Gasteiger partial charge in [-0.25, -0.2) is 17.1 Å². The molecule has 0 fully saturated rings. The fraction of sp³-hybridized carbons (Fsp3) is 0.520. The van der Waals surface area contributed by atoms with Gasteiger partial charge in [-0.15, -0.1) is 0 Å². The first kappa shape index (κ1) is 27.5. The molecular weight excluding hydrogens is 456 g/mol. The molecule has 0 aromatic heterocycles. The maximum Gasteiger partial charge on any atom is 0.193 e. The molecule has 2 atom stereocenters. The average molecular weight is 495 g/mol. The number of aryl methyl sites for hydroxylation is 2. The molecule has 0 bridgehead atoms. The third kappa shape index (κ3) is 8.85. The lowest BCUT2D eigenvalue weighted by Crippen LogP contribution is -2.08. The van der Waals surface area contributed by atoms with Crippen molar-refractivity contribution in [1.82, 2.24) is 0 Å². The molecule has 2 aromatic carbocycles. The van der Waals surface area contributed by atoms with Crippen LogP contribution in [-0.2, 0) is 28.4 Å². The standard InChI is InChI=1S/C25H38N2O4S2/c1-22-12-16-24(17-13-22)32(28,26-3)30-20-10-8-6-5-7-9-11-21-31-33(29,27-4)25-18-14-23(2)15-19-25/h12-19H,5-11,20-21H2,1-4H3/t32-,33-/m0/s1. The van der Waals surface area contributed by atoms with Gasteiger partial charge in [0.2, 0.25) is 0 Å². The van der Waals surface area contributed by atoms with Gasteiger partial charge in [-0.05, 0) is 51.0 Å². The first-order valence-corrected chi connectivity index (χ1v) is 14.4. The quantitative estimate of drug-likeness (QED) is 0.280. The van der Waals surface area contributed by atoms with Gasteiger partial charge in [0.05, 0.1) is 23.0 Å². The second kappa shape index (κ2) is 13.8. The third-order valence-electron chi connectivity index (χ3n) is 5.39. The first-order chi connectivity index (χ1) is 15.8. The van der Waals surface area contributed by atoms with Gasteiger partial charge in [0.25, 0.3) is 0 Å². The highest BCUT2D eigenvalue weighted by Crippen LogP contribution is 2.18. The van der Waals surface area contributed by atoms with Crippen molar-refractivity contribution in [2.75, 3.05) is 27.3 Å². The van der Waals surface area contributed by atoms with Gasteiger partial charge in [-0.1, -0.05) is 67.5 Å². The van der Waals surface area contributed by atoms with E-state index in [0.717, 1.165) is 56.1 Å². The van der Waals surface area contributed by atoms with Crippen molar-refractivity contribution >= 4 is 20.0 Å². The monoisotopic (exact) mass is 494 g/mol. The van der Waals surface area contributed by atoms with Crippen LogP contribution in [0, 0.1) is 13.8 Å². The van der Waals surface area contributed by atoms with E-state index in [1.165, 1.54) is 0 Å². The maximum absolute atomic E-state index is 12.9. The van der Waals surface area contributed by atoms with Gasteiger partial charge in [0.15, 0.2) is 20.0 Å². The fourth-order valence-corrected chi connectivity index (χ4v) is 5.86. The Balaban J connectivity index is 1.57. The van der Waals surface area contributed by atoms with Crippen molar-refractivity contribution in [3.63, 3.8) is 0 Å². The molecule has 8 heteroatoms. The van der Waals surface area contributed by atoms with E-state index in [9.17, 15) is 8.42 Å². The summed E-state index contributed by atoms with van der Waals surface area (Å²) in [6.45, 7) is 4.86. The maximum atomic E-state index is 12.9. The molecule has 2 rings (SSSR count). The zero-order chi connectivity index (χ0) is 24.2. The Bertz CT molecular complexity index is 993. The molecular formula is C25H38N2O4S2. The Morgan fingerprint density at radius 3 is 1.18 bits per heavy atom. The van der Waals surface area contributed by atoms with Crippen molar-refractivity contribution in [2.45, 2.75) is 68.6 Å². The largest absolute Gasteiger partial charge is 0.281 e. The Kier molecular flexibility index (Phi) is 11.5. The lowest BCUT2D eigenvalue weighted by Gasteiger charge is -2.11. The normalized spacial score (nSPS) is 14.9. The zero-order valence-electron chi connectivity index (χ0n) is 20.3. The van der Waals surface area contributed by atoms with Gasteiger partial charge in [0.1, 0.15) is 0 Å². The SMILES string of the molecule is CN=[S@@](=O)(OCCCCCCCCCO[S@](=O)(=NC)c1ccc(C)cc1)c1ccc(C)cc1. The Morgan fingerprint density at radius 1 is 0.576 bits per heavy atom. The number of hydrogen-bond acceptors (Lipinski definition) is 6. The summed E-state index contributed by atoms with van der Waals surface area (Å²) in [5.41, 5.74) is 2.23. The van der Waals surface area contributed by atoms with Crippen LogP contribution in [0.15, 0.2) is 67.0 Å². The number of nitrogens with zero attached hydrogens (tertiary/aromatic N) is 2. The molecule has 0 N–H and O–H groups in total. The smallest absolute Gasteiger partial charge is 0.193 e. The van der Waals surface area contributed by atoms with Crippen LogP contribution in [0.25, 0.3) is 0 Å². The predicted molar refractivity (Wildman–Crippen MR) is 136 cm³/mol. The molecule has 0 aliphatic rings. The van der Waals surface area contributed by atoms with Gasteiger partial charge in [0, 0.05) is 14.1 Å². The Hall–Kier alpha value is -1.74. The Labute approximate surface area is 200 Å². The molecule has 0 unspecified atom stereocenters. The molecule has 0 saturated carbocycles. The second-order valence-electron chi connectivity index (χ2n) is 8.06. The highest BCUT2D eigenvalue weighted by molar-refractivity contribution is 7.89. The van der Waals surface area contributed by atoms with Crippen LogP contribution in [0.2, 0.25) is 0 Å². The molecule has 0 aliphatic heterocycles. The predicted octanol–water partition coefficient (Wildman–Crippen LogP) is 6.51. The van der Waals surface area contributed by atoms with Crippen LogP contribution in [0.5, 0.6) is 0 Å². The molecule has 0 amide bonds. The molecule has 0 heterocycles. The summed E-state index contributed by atoms with van der Waals surface area (Å²) in [6.07, 6.45) is 7.10. The van der Waals surface area contributed by atoms with Crippen LogP contribution in [-0.4, -0.2) is 35.7 Å². The second-order valence-corrected chi connectivity index (χ2v) is 12.1. The van der Waals surface area contributed by atoms with Crippen LogP contribution in [0.4, 0.5) is 0 Å². The number of benzene rings is 2. The molecule has 6 nitrogen and oxygen atoms in total. The van der Waals surface area contributed by atoms with Gasteiger partial charge < -0.3 is 0 Å². The number of unbranched alkanes of at least 4 members (excludes halogenated alkanes) is 6. The molecule has 0 aliphatic carbocycles. The Morgan fingerprint density at radius 2 is 0.879 bits per heavy atom. The van der Waals surface area contributed by atoms with Crippen molar-refractivity contribution in [2.24, 2.45) is 8.73 Å². The van der Waals surface area contributed by atoms with Crippen LogP contribution in [0.3, 0.4) is 0 Å². The lowest BCUT2D eigenvalue weighted by atomic mass is 10.1. The summed E-state index contributed by atoms with van der Waals surface area (Å²) in [5, 5.41) is 0. The van der Waals surface area contributed by atoms with E-state index in [4.69, 9.17) is 8.37 Å². The molecule has 33 heavy (non-hydrogen) atoms. The first-order valence-electron chi connectivity index (χ1n) is 11.6. The topological polar surface area (TPSA) is 77.3 Å². The van der Waals surface area contributed by atoms with Crippen LogP contribution in [0.1, 0.15) is 56.1 Å². The minimum absolute atomic E-state index is 0.436. The molecule has 2 aromatic rings. The van der Waals surface area contributed by atoms with Crippen LogP contribution < -0.4 is 0 Å². The zero-order valence-corrected chi connectivity index (χ0v) is 22.0. The van der Waals surface area contributed by atoms with E-state index < -0.39 is 20.0 Å². The van der Waals surface area contributed by atoms with Crippen molar-refractivity contribution in [3.05, 3.63) is 59.7 Å². The summed E-state index contributed by atoms with van der Waals surface area (Å²) in [4.78, 5) is 1.25. The summed E-state index contributed by atoms with van der Waals surface area (Å²) < 4.78 is 45.1. The number of rotatable bonds is 14. The van der Waals surface area contributed by atoms with E-state index in [2.05, 4.69) is 8.73 Å². The van der Waals surface area contributed by atoms with Gasteiger partial charge in [-0.2, -0.15) is 0 Å². The van der Waals surface area contributed by atoms with Crippen molar-refractivity contribution in [3.8, 4) is 0 Å². The summed E-state index contributed by atoms with van der Waals surface area (Å²) in [7, 11) is -2.49. The minimum Gasteiger partial charge on any atom is -0.281 e. The third-order valence-corrected chi connectivity index (χ3v) is 9.06. The summed E-state index contributed by atoms with van der Waals surface area (Å²) in [6, 6.07) is 15.0. The van der Waals surface area contributed by atoms with Crippen LogP contribution >= 0.6 is 0 Å². The fourth-order valence-electron chi connectivity index (χ4n) is 3.30. The summed E-state index contributed by atoms with van der Waals surface area (Å²) >= 11 is 0. The van der Waals surface area contributed by atoms with Gasteiger partial charge >= 0.3 is 0 Å². The minimum atomic E-state index is -2.79. The summed E-state index contributed by atoms with van der Waals surface area (Å²) in [5.74, 6) is 0. The molecule has 0 spiro atoms. The highest BCUT2D eigenvalue weighted by atomic mass is 32.2. The molecule has 0 saturated heterocycles. The number of hydrogen-bond donors (Lipinski definition) is 0. The van der Waals surface area contributed by atoms with E-state index in [1.807, 2.05) is 62.4 Å². The highest BCUT2D eigenvalue weighted by Gasteiger charge is 2.13.